The minimum absolute atomic E-state index is 0.692. The second-order valence-corrected chi connectivity index (χ2v) is 6.61. The van der Waals surface area contributed by atoms with Crippen molar-refractivity contribution in [2.45, 2.75) is 37.7 Å². The fourth-order valence-corrected chi connectivity index (χ4v) is 3.45. The van der Waals surface area contributed by atoms with Crippen molar-refractivity contribution >= 4 is 15.9 Å². The largest absolute Gasteiger partial charge is 0.385 e. The third-order valence-electron chi connectivity index (χ3n) is 4.22. The van der Waals surface area contributed by atoms with E-state index in [0.717, 1.165) is 29.3 Å². The molecule has 1 N–H and O–H groups in total. The van der Waals surface area contributed by atoms with Crippen molar-refractivity contribution in [1.29, 1.82) is 0 Å². The number of benzene rings is 2. The average molecular weight is 331 g/mol. The number of fused-ring (bicyclic) bond motifs is 1. The summed E-state index contributed by atoms with van der Waals surface area (Å²) in [5, 5.41) is 11.2. The lowest BCUT2D eigenvalue weighted by Crippen LogP contribution is -2.28. The Hall–Kier alpha value is -1.12. The molecule has 0 fully saturated rings. The number of hydrogen-bond donors (Lipinski definition) is 1. The SMILES string of the molecule is OC1(Cc2ccc(Br)cc2)CCCCc2ccccc21. The fourth-order valence-electron chi connectivity index (χ4n) is 3.18. The lowest BCUT2D eigenvalue weighted by Gasteiger charge is -2.29. The highest BCUT2D eigenvalue weighted by atomic mass is 79.9. The van der Waals surface area contributed by atoms with Gasteiger partial charge < -0.3 is 5.11 Å². The van der Waals surface area contributed by atoms with E-state index in [0.29, 0.717) is 6.42 Å². The molecule has 104 valence electrons. The molecule has 1 unspecified atom stereocenters. The first-order valence-electron chi connectivity index (χ1n) is 7.23. The Labute approximate surface area is 128 Å². The first kappa shape index (κ1) is 13.8. The van der Waals surface area contributed by atoms with Gasteiger partial charge in [0.1, 0.15) is 0 Å². The van der Waals surface area contributed by atoms with Crippen LogP contribution in [0.5, 0.6) is 0 Å². The molecule has 1 nitrogen and oxygen atoms in total. The summed E-state index contributed by atoms with van der Waals surface area (Å²) in [6.45, 7) is 0. The monoisotopic (exact) mass is 330 g/mol. The van der Waals surface area contributed by atoms with Gasteiger partial charge in [0.05, 0.1) is 5.60 Å². The average Bonchev–Trinajstić information content (AvgIpc) is 2.62. The third kappa shape index (κ3) is 2.82. The normalized spacial score (nSPS) is 22.1. The van der Waals surface area contributed by atoms with Gasteiger partial charge >= 0.3 is 0 Å². The zero-order valence-electron chi connectivity index (χ0n) is 11.5. The third-order valence-corrected chi connectivity index (χ3v) is 4.74. The highest BCUT2D eigenvalue weighted by molar-refractivity contribution is 9.10. The lowest BCUT2D eigenvalue weighted by atomic mass is 9.83. The standard InChI is InChI=1S/C18H19BrO/c19-16-10-8-14(9-11-16)13-18(20)12-4-3-6-15-5-1-2-7-17(15)18/h1-2,5,7-11,20H,3-4,6,12-13H2. The Balaban J connectivity index is 1.96. The zero-order chi connectivity index (χ0) is 14.0. The summed E-state index contributed by atoms with van der Waals surface area (Å²) >= 11 is 3.46. The van der Waals surface area contributed by atoms with Gasteiger partial charge in [0.2, 0.25) is 0 Å². The van der Waals surface area contributed by atoms with Crippen molar-refractivity contribution in [2.75, 3.05) is 0 Å². The zero-order valence-corrected chi connectivity index (χ0v) is 13.1. The summed E-state index contributed by atoms with van der Waals surface area (Å²) in [6.07, 6.45) is 4.87. The summed E-state index contributed by atoms with van der Waals surface area (Å²) in [7, 11) is 0. The van der Waals surface area contributed by atoms with Crippen LogP contribution in [0.4, 0.5) is 0 Å². The number of hydrogen-bond acceptors (Lipinski definition) is 1. The molecule has 0 radical (unpaired) electrons. The van der Waals surface area contributed by atoms with Crippen molar-refractivity contribution in [3.63, 3.8) is 0 Å². The lowest BCUT2D eigenvalue weighted by molar-refractivity contribution is 0.0272. The molecule has 1 atom stereocenters. The summed E-state index contributed by atoms with van der Waals surface area (Å²) < 4.78 is 1.08. The molecule has 0 spiro atoms. The van der Waals surface area contributed by atoms with E-state index in [1.54, 1.807) is 0 Å². The van der Waals surface area contributed by atoms with E-state index in [1.165, 1.54) is 17.5 Å². The molecular weight excluding hydrogens is 312 g/mol. The van der Waals surface area contributed by atoms with Crippen molar-refractivity contribution in [3.05, 3.63) is 69.7 Å². The first-order valence-corrected chi connectivity index (χ1v) is 8.02. The number of aliphatic hydroxyl groups is 1. The van der Waals surface area contributed by atoms with Crippen LogP contribution in [0.1, 0.15) is 36.0 Å². The van der Waals surface area contributed by atoms with Crippen molar-refractivity contribution in [3.8, 4) is 0 Å². The number of aryl methyl sites for hydroxylation is 1. The molecule has 0 aliphatic heterocycles. The van der Waals surface area contributed by atoms with E-state index >= 15 is 0 Å². The minimum atomic E-state index is -0.721. The van der Waals surface area contributed by atoms with Gasteiger partial charge in [0.25, 0.3) is 0 Å². The van der Waals surface area contributed by atoms with Crippen LogP contribution in [-0.4, -0.2) is 5.11 Å². The predicted molar refractivity (Wildman–Crippen MR) is 85.7 cm³/mol. The van der Waals surface area contributed by atoms with Crippen molar-refractivity contribution < 1.29 is 5.11 Å². The molecule has 2 aromatic rings. The van der Waals surface area contributed by atoms with E-state index in [9.17, 15) is 5.11 Å². The van der Waals surface area contributed by atoms with Crippen LogP contribution in [0, 0.1) is 0 Å². The molecule has 0 saturated carbocycles. The van der Waals surface area contributed by atoms with Crippen LogP contribution in [-0.2, 0) is 18.4 Å². The van der Waals surface area contributed by atoms with Crippen molar-refractivity contribution in [2.24, 2.45) is 0 Å². The van der Waals surface area contributed by atoms with Crippen LogP contribution >= 0.6 is 15.9 Å². The van der Waals surface area contributed by atoms with Gasteiger partial charge in [-0.1, -0.05) is 52.3 Å². The summed E-state index contributed by atoms with van der Waals surface area (Å²) in [4.78, 5) is 0. The molecular formula is C18H19BrO. The molecule has 20 heavy (non-hydrogen) atoms. The van der Waals surface area contributed by atoms with Gasteiger partial charge in [-0.25, -0.2) is 0 Å². The Kier molecular flexibility index (Phi) is 3.95. The summed E-state index contributed by atoms with van der Waals surface area (Å²) in [5.74, 6) is 0. The Bertz CT molecular complexity index is 591. The number of rotatable bonds is 2. The summed E-state index contributed by atoms with van der Waals surface area (Å²) in [5.41, 5.74) is 2.90. The highest BCUT2D eigenvalue weighted by Gasteiger charge is 2.32. The first-order chi connectivity index (χ1) is 9.67. The molecule has 0 amide bonds. The molecule has 1 aliphatic carbocycles. The maximum absolute atomic E-state index is 11.2. The fraction of sp³-hybridized carbons (Fsp3) is 0.333. The maximum atomic E-state index is 11.2. The smallest absolute Gasteiger partial charge is 0.0939 e. The molecule has 2 heteroatoms. The molecule has 2 aromatic carbocycles. The quantitative estimate of drug-likeness (QED) is 0.797. The molecule has 3 rings (SSSR count). The van der Waals surface area contributed by atoms with Crippen LogP contribution in [0.25, 0.3) is 0 Å². The predicted octanol–water partition coefficient (Wildman–Crippen LogP) is 4.61. The Morgan fingerprint density at radius 1 is 1.00 bits per heavy atom. The van der Waals surface area contributed by atoms with Gasteiger partial charge in [-0.3, -0.25) is 0 Å². The second kappa shape index (κ2) is 5.71. The molecule has 0 heterocycles. The molecule has 0 bridgehead atoms. The maximum Gasteiger partial charge on any atom is 0.0939 e. The van der Waals surface area contributed by atoms with Gasteiger partial charge in [-0.2, -0.15) is 0 Å². The highest BCUT2D eigenvalue weighted by Crippen LogP contribution is 2.36. The molecule has 1 aliphatic rings. The van der Waals surface area contributed by atoms with E-state index in [4.69, 9.17) is 0 Å². The molecule has 0 aromatic heterocycles. The topological polar surface area (TPSA) is 20.2 Å². The van der Waals surface area contributed by atoms with Gasteiger partial charge in [0.15, 0.2) is 0 Å². The van der Waals surface area contributed by atoms with E-state index in [1.807, 2.05) is 18.2 Å². The minimum Gasteiger partial charge on any atom is -0.385 e. The van der Waals surface area contributed by atoms with E-state index in [2.05, 4.69) is 46.3 Å². The van der Waals surface area contributed by atoms with Gasteiger partial charge in [0, 0.05) is 10.9 Å². The van der Waals surface area contributed by atoms with Crippen LogP contribution in [0.3, 0.4) is 0 Å². The van der Waals surface area contributed by atoms with E-state index in [-0.39, 0.29) is 0 Å². The Morgan fingerprint density at radius 2 is 1.75 bits per heavy atom. The number of halogens is 1. The Morgan fingerprint density at radius 3 is 2.55 bits per heavy atom. The van der Waals surface area contributed by atoms with Crippen LogP contribution in [0.2, 0.25) is 0 Å². The van der Waals surface area contributed by atoms with Crippen LogP contribution in [0.15, 0.2) is 53.0 Å². The van der Waals surface area contributed by atoms with Crippen LogP contribution < -0.4 is 0 Å². The van der Waals surface area contributed by atoms with Crippen molar-refractivity contribution in [1.82, 2.24) is 0 Å². The summed E-state index contributed by atoms with van der Waals surface area (Å²) in [6, 6.07) is 16.6. The second-order valence-electron chi connectivity index (χ2n) is 5.70. The van der Waals surface area contributed by atoms with E-state index < -0.39 is 5.60 Å². The van der Waals surface area contributed by atoms with Gasteiger partial charge in [-0.15, -0.1) is 0 Å². The van der Waals surface area contributed by atoms with Gasteiger partial charge in [-0.05, 0) is 54.5 Å². The molecule has 0 saturated heterocycles.